The van der Waals surface area contributed by atoms with Gasteiger partial charge in [-0.2, -0.15) is 0 Å². The van der Waals surface area contributed by atoms with E-state index in [2.05, 4.69) is 18.7 Å². The van der Waals surface area contributed by atoms with Crippen LogP contribution >= 0.6 is 0 Å². The molecule has 0 unspecified atom stereocenters. The molecule has 0 spiro atoms. The number of rotatable bonds is 2. The number of carbonyl (C=O) groups is 1. The van der Waals surface area contributed by atoms with Crippen molar-refractivity contribution in [1.82, 2.24) is 9.80 Å². The van der Waals surface area contributed by atoms with Crippen LogP contribution in [-0.2, 0) is 4.74 Å². The largest absolute Gasteiger partial charge is 0.444 e. The third-order valence-corrected chi connectivity index (χ3v) is 2.56. The molecule has 1 aliphatic rings. The molecule has 0 aromatic carbocycles. The normalized spacial score (nSPS) is 18.6. The Morgan fingerprint density at radius 1 is 1.12 bits per heavy atom. The first-order valence-corrected chi connectivity index (χ1v) is 6.27. The average Bonchev–Trinajstić information content (AvgIpc) is 2.15. The maximum atomic E-state index is 11.8. The van der Waals surface area contributed by atoms with Crippen molar-refractivity contribution in [1.29, 1.82) is 0 Å². The number of nitrogens with zero attached hydrogens (tertiary/aromatic N) is 2. The Kier molecular flexibility index (Phi) is 4.80. The highest BCUT2D eigenvalue weighted by atomic mass is 16.6. The highest BCUT2D eigenvalue weighted by Crippen LogP contribution is 2.12. The molecule has 0 aromatic heterocycles. The van der Waals surface area contributed by atoms with E-state index in [4.69, 9.17) is 4.74 Å². The number of hydrogen-bond donors (Lipinski definition) is 0. The first-order valence-electron chi connectivity index (χ1n) is 6.27. The third-order valence-electron chi connectivity index (χ3n) is 2.56. The van der Waals surface area contributed by atoms with E-state index in [-0.39, 0.29) is 6.09 Å². The van der Waals surface area contributed by atoms with E-state index in [1.165, 1.54) is 5.92 Å². The summed E-state index contributed by atoms with van der Waals surface area (Å²) in [5.74, 6) is 1.41. The Balaban J connectivity index is 2.34. The molecule has 1 amide bonds. The Labute approximate surface area is 105 Å². The number of amides is 1. The van der Waals surface area contributed by atoms with Crippen LogP contribution in [-0.4, -0.2) is 54.2 Å². The number of carbonyl (C=O) groups excluding carboxylic acids is 1. The van der Waals surface area contributed by atoms with Gasteiger partial charge in [-0.25, -0.2) is 4.79 Å². The van der Waals surface area contributed by atoms with Gasteiger partial charge in [0.1, 0.15) is 5.60 Å². The zero-order valence-electron chi connectivity index (χ0n) is 11.7. The minimum absolute atomic E-state index is 0.186. The van der Waals surface area contributed by atoms with Gasteiger partial charge < -0.3 is 9.64 Å². The van der Waals surface area contributed by atoms with E-state index < -0.39 is 5.60 Å². The van der Waals surface area contributed by atoms with Crippen molar-refractivity contribution in [2.24, 2.45) is 0 Å². The van der Waals surface area contributed by atoms with Crippen LogP contribution in [0.2, 0.25) is 0 Å². The summed E-state index contributed by atoms with van der Waals surface area (Å²) in [4.78, 5) is 16.0. The van der Waals surface area contributed by atoms with Gasteiger partial charge >= 0.3 is 6.09 Å². The number of piperazine rings is 1. The molecule has 1 aliphatic heterocycles. The molecule has 4 nitrogen and oxygen atoms in total. The van der Waals surface area contributed by atoms with Crippen LogP contribution in [0.25, 0.3) is 0 Å². The number of ether oxygens (including phenoxy) is 1. The lowest BCUT2D eigenvalue weighted by molar-refractivity contribution is 0.0149. The van der Waals surface area contributed by atoms with Crippen molar-refractivity contribution < 1.29 is 9.53 Å². The summed E-state index contributed by atoms with van der Waals surface area (Å²) in [5.41, 5.74) is -0.401. The van der Waals surface area contributed by atoms with E-state index in [0.717, 1.165) is 32.7 Å². The van der Waals surface area contributed by atoms with Crippen molar-refractivity contribution in [2.45, 2.75) is 40.2 Å². The van der Waals surface area contributed by atoms with Gasteiger partial charge in [-0.3, -0.25) is 4.90 Å². The summed E-state index contributed by atoms with van der Waals surface area (Å²) in [6.45, 7) is 14.4. The van der Waals surface area contributed by atoms with Crippen molar-refractivity contribution in [3.05, 3.63) is 5.92 Å². The fraction of sp³-hybridized carbons (Fsp3) is 0.846. The molecule has 1 heterocycles. The summed E-state index contributed by atoms with van der Waals surface area (Å²) in [6, 6.07) is 0. The van der Waals surface area contributed by atoms with E-state index in [9.17, 15) is 4.79 Å². The van der Waals surface area contributed by atoms with Gasteiger partial charge in [0, 0.05) is 32.7 Å². The molecule has 0 atom stereocenters. The van der Waals surface area contributed by atoms with Crippen molar-refractivity contribution in [3.8, 4) is 0 Å². The molecule has 1 radical (unpaired) electrons. The first kappa shape index (κ1) is 14.3. The average molecular weight is 241 g/mol. The summed E-state index contributed by atoms with van der Waals surface area (Å²) in [6.07, 6.45) is -0.186. The van der Waals surface area contributed by atoms with Crippen LogP contribution in [0, 0.1) is 5.92 Å². The smallest absolute Gasteiger partial charge is 0.410 e. The molecular formula is C13H25N2O2. The highest BCUT2D eigenvalue weighted by Gasteiger charge is 2.25. The summed E-state index contributed by atoms with van der Waals surface area (Å²) >= 11 is 0. The molecule has 0 bridgehead atoms. The quantitative estimate of drug-likeness (QED) is 0.742. The van der Waals surface area contributed by atoms with E-state index >= 15 is 0 Å². The zero-order chi connectivity index (χ0) is 13.1. The Bertz CT molecular complexity index is 251. The lowest BCUT2D eigenvalue weighted by Gasteiger charge is -2.36. The monoisotopic (exact) mass is 241 g/mol. The zero-order valence-corrected chi connectivity index (χ0v) is 11.7. The maximum Gasteiger partial charge on any atom is 0.410 e. The van der Waals surface area contributed by atoms with Crippen molar-refractivity contribution >= 4 is 6.09 Å². The Morgan fingerprint density at radius 3 is 2.06 bits per heavy atom. The molecule has 4 heteroatoms. The van der Waals surface area contributed by atoms with Crippen LogP contribution in [0.1, 0.15) is 34.6 Å². The molecule has 1 saturated heterocycles. The summed E-state index contributed by atoms with van der Waals surface area (Å²) in [7, 11) is 0. The predicted molar refractivity (Wildman–Crippen MR) is 68.8 cm³/mol. The fourth-order valence-electron chi connectivity index (χ4n) is 1.86. The molecule has 99 valence electrons. The SMILES string of the molecule is C[C](C)CN1CCN(C(=O)OC(C)(C)C)CC1. The van der Waals surface area contributed by atoms with Gasteiger partial charge in [-0.15, -0.1) is 0 Å². The Hall–Kier alpha value is -0.770. The minimum Gasteiger partial charge on any atom is -0.444 e. The standard InChI is InChI=1S/C13H25N2O2/c1-11(2)10-14-6-8-15(9-7-14)12(16)17-13(3,4)5/h6-10H2,1-5H3. The van der Waals surface area contributed by atoms with E-state index in [1.807, 2.05) is 20.8 Å². The van der Waals surface area contributed by atoms with Crippen LogP contribution in [0.5, 0.6) is 0 Å². The fourth-order valence-corrected chi connectivity index (χ4v) is 1.86. The molecule has 17 heavy (non-hydrogen) atoms. The molecule has 0 N–H and O–H groups in total. The highest BCUT2D eigenvalue weighted by molar-refractivity contribution is 5.68. The van der Waals surface area contributed by atoms with Gasteiger partial charge in [0.25, 0.3) is 0 Å². The minimum atomic E-state index is -0.401. The second-order valence-electron chi connectivity index (χ2n) is 5.95. The van der Waals surface area contributed by atoms with Gasteiger partial charge in [0.05, 0.1) is 0 Å². The van der Waals surface area contributed by atoms with E-state index in [0.29, 0.717) is 0 Å². The van der Waals surface area contributed by atoms with Gasteiger partial charge in [-0.1, -0.05) is 13.8 Å². The lowest BCUT2D eigenvalue weighted by Crippen LogP contribution is -2.50. The molecular weight excluding hydrogens is 216 g/mol. The first-order chi connectivity index (χ1) is 7.78. The van der Waals surface area contributed by atoms with Gasteiger partial charge in [0.2, 0.25) is 0 Å². The summed E-state index contributed by atoms with van der Waals surface area (Å²) in [5, 5.41) is 0. The number of hydrogen-bond acceptors (Lipinski definition) is 3. The molecule has 0 saturated carbocycles. The van der Waals surface area contributed by atoms with Crippen LogP contribution in [0.4, 0.5) is 4.79 Å². The maximum absolute atomic E-state index is 11.8. The van der Waals surface area contributed by atoms with Crippen molar-refractivity contribution in [2.75, 3.05) is 32.7 Å². The second-order valence-corrected chi connectivity index (χ2v) is 5.95. The van der Waals surface area contributed by atoms with Gasteiger partial charge in [-0.05, 0) is 26.7 Å². The molecule has 1 fully saturated rings. The van der Waals surface area contributed by atoms with Crippen LogP contribution in [0.3, 0.4) is 0 Å². The van der Waals surface area contributed by atoms with Gasteiger partial charge in [0.15, 0.2) is 0 Å². The van der Waals surface area contributed by atoms with Crippen molar-refractivity contribution in [3.63, 3.8) is 0 Å². The second kappa shape index (κ2) is 5.71. The van der Waals surface area contributed by atoms with Crippen LogP contribution in [0.15, 0.2) is 0 Å². The summed E-state index contributed by atoms with van der Waals surface area (Å²) < 4.78 is 5.36. The third kappa shape index (κ3) is 5.39. The topological polar surface area (TPSA) is 32.8 Å². The molecule has 1 rings (SSSR count). The molecule has 0 aliphatic carbocycles. The predicted octanol–water partition coefficient (Wildman–Crippen LogP) is 2.15. The van der Waals surface area contributed by atoms with Crippen LogP contribution < -0.4 is 0 Å². The Morgan fingerprint density at radius 2 is 1.65 bits per heavy atom. The van der Waals surface area contributed by atoms with E-state index in [1.54, 1.807) is 4.90 Å². The lowest BCUT2D eigenvalue weighted by atomic mass is 10.2. The molecule has 0 aromatic rings.